The first kappa shape index (κ1) is 15.9. The van der Waals surface area contributed by atoms with Gasteiger partial charge in [-0.1, -0.05) is 6.07 Å². The summed E-state index contributed by atoms with van der Waals surface area (Å²) in [5, 5.41) is 3.28. The molecule has 4 nitrogen and oxygen atoms in total. The van der Waals surface area contributed by atoms with Crippen LogP contribution in [0.1, 0.15) is 5.56 Å². The Bertz CT molecular complexity index is 374. The molecule has 108 valence electrons. The highest BCUT2D eigenvalue weighted by molar-refractivity contribution is 5.30. The molecule has 0 spiro atoms. The van der Waals surface area contributed by atoms with Crippen molar-refractivity contribution in [3.05, 3.63) is 29.6 Å². The van der Waals surface area contributed by atoms with Gasteiger partial charge in [0.1, 0.15) is 0 Å². The highest BCUT2D eigenvalue weighted by Crippen LogP contribution is 2.18. The molecule has 0 aliphatic rings. The molecule has 1 N–H and O–H groups in total. The highest BCUT2D eigenvalue weighted by Gasteiger charge is 2.05. The zero-order chi connectivity index (χ0) is 14.1. The fourth-order valence-electron chi connectivity index (χ4n) is 1.76. The van der Waals surface area contributed by atoms with E-state index >= 15 is 0 Å². The van der Waals surface area contributed by atoms with Gasteiger partial charge in [0, 0.05) is 33.3 Å². The first-order chi connectivity index (χ1) is 9.17. The molecule has 0 bridgehead atoms. The van der Waals surface area contributed by atoms with Gasteiger partial charge in [0.05, 0.1) is 13.7 Å². The number of benzene rings is 1. The van der Waals surface area contributed by atoms with E-state index in [-0.39, 0.29) is 5.82 Å². The number of rotatable bonds is 9. The molecule has 0 aliphatic carbocycles. The summed E-state index contributed by atoms with van der Waals surface area (Å²) >= 11 is 0. The Morgan fingerprint density at radius 2 is 2.05 bits per heavy atom. The minimum atomic E-state index is -0.324. The molecule has 0 aromatic heterocycles. The predicted octanol–water partition coefficient (Wildman–Crippen LogP) is 1.50. The summed E-state index contributed by atoms with van der Waals surface area (Å²) in [4.78, 5) is 2.17. The number of ether oxygens (including phenoxy) is 2. The number of halogens is 1. The highest BCUT2D eigenvalue weighted by atomic mass is 19.1. The van der Waals surface area contributed by atoms with Crippen molar-refractivity contribution in [2.24, 2.45) is 0 Å². The Labute approximate surface area is 114 Å². The lowest BCUT2D eigenvalue weighted by atomic mass is 10.2. The summed E-state index contributed by atoms with van der Waals surface area (Å²) in [5.74, 6) is -0.0285. The molecular formula is C14H23FN2O2. The molecule has 0 fully saturated rings. The van der Waals surface area contributed by atoms with Crippen molar-refractivity contribution < 1.29 is 13.9 Å². The van der Waals surface area contributed by atoms with Gasteiger partial charge in [-0.2, -0.15) is 0 Å². The summed E-state index contributed by atoms with van der Waals surface area (Å²) in [5.41, 5.74) is 1.04. The molecule has 0 radical (unpaired) electrons. The molecule has 1 rings (SSSR count). The molecule has 1 aromatic rings. The summed E-state index contributed by atoms with van der Waals surface area (Å²) in [6.07, 6.45) is 0. The summed E-state index contributed by atoms with van der Waals surface area (Å²) in [6.45, 7) is 4.16. The maximum absolute atomic E-state index is 13.3. The molecule has 19 heavy (non-hydrogen) atoms. The maximum Gasteiger partial charge on any atom is 0.165 e. The van der Waals surface area contributed by atoms with Gasteiger partial charge in [-0.05, 0) is 24.7 Å². The Morgan fingerprint density at radius 3 is 2.74 bits per heavy atom. The third-order valence-corrected chi connectivity index (χ3v) is 2.82. The average Bonchev–Trinajstić information content (AvgIpc) is 2.40. The van der Waals surface area contributed by atoms with Gasteiger partial charge in [0.25, 0.3) is 0 Å². The second kappa shape index (κ2) is 8.85. The second-order valence-electron chi connectivity index (χ2n) is 4.45. The zero-order valence-corrected chi connectivity index (χ0v) is 11.9. The number of methoxy groups -OCH3 is 2. The quantitative estimate of drug-likeness (QED) is 0.690. The SMILES string of the molecule is COCCNCCN(C)Cc1ccc(F)c(OC)c1. The van der Waals surface area contributed by atoms with Gasteiger partial charge in [0.15, 0.2) is 11.6 Å². The molecule has 0 unspecified atom stereocenters. The topological polar surface area (TPSA) is 33.7 Å². The van der Waals surface area contributed by atoms with E-state index < -0.39 is 0 Å². The standard InChI is InChI=1S/C14H23FN2O2/c1-17(8-6-16-7-9-18-2)11-12-4-5-13(15)14(10-12)19-3/h4-5,10,16H,6-9,11H2,1-3H3. The van der Waals surface area contributed by atoms with Crippen LogP contribution in [0.2, 0.25) is 0 Å². The van der Waals surface area contributed by atoms with Crippen molar-refractivity contribution in [1.29, 1.82) is 0 Å². The number of hydrogen-bond acceptors (Lipinski definition) is 4. The molecule has 0 saturated heterocycles. The van der Waals surface area contributed by atoms with Crippen LogP contribution in [0.4, 0.5) is 4.39 Å². The van der Waals surface area contributed by atoms with Crippen molar-refractivity contribution in [2.75, 3.05) is 47.5 Å². The van der Waals surface area contributed by atoms with E-state index in [2.05, 4.69) is 10.2 Å². The number of nitrogens with zero attached hydrogens (tertiary/aromatic N) is 1. The molecular weight excluding hydrogens is 247 g/mol. The Balaban J connectivity index is 2.33. The van der Waals surface area contributed by atoms with Crippen LogP contribution < -0.4 is 10.1 Å². The van der Waals surface area contributed by atoms with Crippen molar-refractivity contribution in [1.82, 2.24) is 10.2 Å². The van der Waals surface area contributed by atoms with Gasteiger partial charge in [-0.15, -0.1) is 0 Å². The van der Waals surface area contributed by atoms with Crippen molar-refractivity contribution in [3.8, 4) is 5.75 Å². The van der Waals surface area contributed by atoms with Crippen molar-refractivity contribution in [3.63, 3.8) is 0 Å². The molecule has 0 atom stereocenters. The zero-order valence-electron chi connectivity index (χ0n) is 11.9. The van der Waals surface area contributed by atoms with E-state index in [1.165, 1.54) is 13.2 Å². The van der Waals surface area contributed by atoms with E-state index in [4.69, 9.17) is 9.47 Å². The molecule has 0 heterocycles. The summed E-state index contributed by atoms with van der Waals surface area (Å²) in [6, 6.07) is 4.97. The van der Waals surface area contributed by atoms with Crippen LogP contribution in [0.15, 0.2) is 18.2 Å². The van der Waals surface area contributed by atoms with E-state index in [0.29, 0.717) is 5.75 Å². The van der Waals surface area contributed by atoms with Crippen LogP contribution >= 0.6 is 0 Å². The minimum Gasteiger partial charge on any atom is -0.494 e. The lowest BCUT2D eigenvalue weighted by Crippen LogP contribution is -2.30. The monoisotopic (exact) mass is 270 g/mol. The fourth-order valence-corrected chi connectivity index (χ4v) is 1.76. The van der Waals surface area contributed by atoms with Gasteiger partial charge in [-0.25, -0.2) is 4.39 Å². The van der Waals surface area contributed by atoms with Crippen LogP contribution in [0.25, 0.3) is 0 Å². The smallest absolute Gasteiger partial charge is 0.165 e. The normalized spacial score (nSPS) is 11.0. The largest absolute Gasteiger partial charge is 0.494 e. The van der Waals surface area contributed by atoms with Gasteiger partial charge in [-0.3, -0.25) is 0 Å². The Kier molecular flexibility index (Phi) is 7.40. The summed E-state index contributed by atoms with van der Waals surface area (Å²) < 4.78 is 23.2. The van der Waals surface area contributed by atoms with Crippen LogP contribution in [-0.2, 0) is 11.3 Å². The van der Waals surface area contributed by atoms with Gasteiger partial charge in [0.2, 0.25) is 0 Å². The third kappa shape index (κ3) is 6.00. The van der Waals surface area contributed by atoms with Crippen LogP contribution in [0.3, 0.4) is 0 Å². The van der Waals surface area contributed by atoms with Crippen LogP contribution in [-0.4, -0.2) is 52.4 Å². The van der Waals surface area contributed by atoms with Crippen LogP contribution in [0, 0.1) is 5.82 Å². The van der Waals surface area contributed by atoms with Crippen molar-refractivity contribution >= 4 is 0 Å². The number of hydrogen-bond donors (Lipinski definition) is 1. The van der Waals surface area contributed by atoms with E-state index in [1.807, 2.05) is 7.05 Å². The van der Waals surface area contributed by atoms with Crippen molar-refractivity contribution in [2.45, 2.75) is 6.54 Å². The minimum absolute atomic E-state index is 0.295. The maximum atomic E-state index is 13.3. The molecule has 0 amide bonds. The van der Waals surface area contributed by atoms with Gasteiger partial charge >= 0.3 is 0 Å². The van der Waals surface area contributed by atoms with Crippen LogP contribution in [0.5, 0.6) is 5.75 Å². The fraction of sp³-hybridized carbons (Fsp3) is 0.571. The Morgan fingerprint density at radius 1 is 1.26 bits per heavy atom. The lowest BCUT2D eigenvalue weighted by Gasteiger charge is -2.17. The number of nitrogens with one attached hydrogen (secondary N) is 1. The predicted molar refractivity (Wildman–Crippen MR) is 74.0 cm³/mol. The van der Waals surface area contributed by atoms with E-state index in [0.717, 1.165) is 38.3 Å². The molecule has 5 heteroatoms. The third-order valence-electron chi connectivity index (χ3n) is 2.82. The van der Waals surface area contributed by atoms with E-state index in [9.17, 15) is 4.39 Å². The Hall–Kier alpha value is -1.17. The molecule has 0 aliphatic heterocycles. The first-order valence-corrected chi connectivity index (χ1v) is 6.38. The second-order valence-corrected chi connectivity index (χ2v) is 4.45. The lowest BCUT2D eigenvalue weighted by molar-refractivity contribution is 0.197. The molecule has 0 saturated carbocycles. The summed E-state index contributed by atoms with van der Waals surface area (Å²) in [7, 11) is 5.20. The average molecular weight is 270 g/mol. The molecule has 1 aromatic carbocycles. The van der Waals surface area contributed by atoms with Gasteiger partial charge < -0.3 is 19.7 Å². The van der Waals surface area contributed by atoms with E-state index in [1.54, 1.807) is 19.2 Å². The first-order valence-electron chi connectivity index (χ1n) is 6.38. The number of likely N-dealkylation sites (N-methyl/N-ethyl adjacent to an activating group) is 1.